The van der Waals surface area contributed by atoms with E-state index in [2.05, 4.69) is 39.7 Å². The molecule has 6 heteroatoms. The summed E-state index contributed by atoms with van der Waals surface area (Å²) in [6.45, 7) is 6.18. The molecule has 0 unspecified atom stereocenters. The Labute approximate surface area is 155 Å². The molecule has 0 amide bonds. The van der Waals surface area contributed by atoms with Crippen LogP contribution in [0.25, 0.3) is 0 Å². The molecule has 0 spiro atoms. The average Bonchev–Trinajstić information content (AvgIpc) is 2.66. The molecule has 0 aliphatic heterocycles. The summed E-state index contributed by atoms with van der Waals surface area (Å²) in [5.74, 6) is 2.28. The standard InChI is InChI=1S/C20H28N4O2/c1-5-21-20(23-14-17-7-6-8-19(24-17)26-4)22-12-11-16-13-15(2)9-10-18(16)25-3/h6-10,13H,5,11-12,14H2,1-4H3,(H2,21,22,23). The molecule has 26 heavy (non-hydrogen) atoms. The molecule has 140 valence electrons. The van der Waals surface area contributed by atoms with Crippen LogP contribution in [0.3, 0.4) is 0 Å². The molecule has 0 saturated heterocycles. The molecule has 2 rings (SSSR count). The number of aliphatic imine (C=N–C) groups is 1. The van der Waals surface area contributed by atoms with Gasteiger partial charge in [-0.15, -0.1) is 0 Å². The first-order valence-electron chi connectivity index (χ1n) is 8.82. The van der Waals surface area contributed by atoms with Crippen molar-refractivity contribution >= 4 is 5.96 Å². The first-order chi connectivity index (χ1) is 12.7. The quantitative estimate of drug-likeness (QED) is 0.562. The van der Waals surface area contributed by atoms with Gasteiger partial charge in [0.05, 0.1) is 26.5 Å². The molecular formula is C20H28N4O2. The van der Waals surface area contributed by atoms with E-state index in [0.717, 1.165) is 36.9 Å². The summed E-state index contributed by atoms with van der Waals surface area (Å²) in [7, 11) is 3.31. The number of nitrogens with zero attached hydrogens (tertiary/aromatic N) is 2. The Morgan fingerprint density at radius 3 is 2.69 bits per heavy atom. The lowest BCUT2D eigenvalue weighted by Crippen LogP contribution is -2.38. The van der Waals surface area contributed by atoms with Crippen molar-refractivity contribution < 1.29 is 9.47 Å². The third-order valence-electron chi connectivity index (χ3n) is 3.86. The fourth-order valence-corrected chi connectivity index (χ4v) is 2.58. The van der Waals surface area contributed by atoms with Gasteiger partial charge in [0.25, 0.3) is 0 Å². The second kappa shape index (κ2) is 10.3. The summed E-state index contributed by atoms with van der Waals surface area (Å²) < 4.78 is 10.6. The molecule has 0 atom stereocenters. The average molecular weight is 356 g/mol. The van der Waals surface area contributed by atoms with Crippen molar-refractivity contribution in [2.24, 2.45) is 4.99 Å². The maximum Gasteiger partial charge on any atom is 0.213 e. The fourth-order valence-electron chi connectivity index (χ4n) is 2.58. The molecule has 1 heterocycles. The summed E-state index contributed by atoms with van der Waals surface area (Å²) in [6.07, 6.45) is 0.854. The van der Waals surface area contributed by atoms with Gasteiger partial charge in [0.15, 0.2) is 5.96 Å². The Hall–Kier alpha value is -2.76. The Morgan fingerprint density at radius 2 is 1.96 bits per heavy atom. The van der Waals surface area contributed by atoms with Crippen LogP contribution in [0.15, 0.2) is 41.4 Å². The Bertz CT molecular complexity index is 732. The highest BCUT2D eigenvalue weighted by molar-refractivity contribution is 5.79. The smallest absolute Gasteiger partial charge is 0.213 e. The van der Waals surface area contributed by atoms with E-state index in [0.29, 0.717) is 12.4 Å². The summed E-state index contributed by atoms with van der Waals surface area (Å²) in [5.41, 5.74) is 3.28. The number of pyridine rings is 1. The van der Waals surface area contributed by atoms with Gasteiger partial charge in [-0.05, 0) is 38.0 Å². The van der Waals surface area contributed by atoms with E-state index in [9.17, 15) is 0 Å². The number of hydrogen-bond acceptors (Lipinski definition) is 4. The Morgan fingerprint density at radius 1 is 1.12 bits per heavy atom. The number of guanidine groups is 1. The minimum atomic E-state index is 0.486. The minimum absolute atomic E-state index is 0.486. The van der Waals surface area contributed by atoms with Crippen molar-refractivity contribution in [3.8, 4) is 11.6 Å². The van der Waals surface area contributed by atoms with E-state index >= 15 is 0 Å². The third kappa shape index (κ3) is 5.95. The van der Waals surface area contributed by atoms with Crippen LogP contribution in [0.1, 0.15) is 23.7 Å². The molecule has 6 nitrogen and oxygen atoms in total. The molecule has 1 aromatic heterocycles. The molecule has 1 aromatic carbocycles. The zero-order valence-electron chi connectivity index (χ0n) is 16.0. The number of benzene rings is 1. The van der Waals surface area contributed by atoms with E-state index in [1.165, 1.54) is 11.1 Å². The first kappa shape index (κ1) is 19.6. The van der Waals surface area contributed by atoms with Crippen LogP contribution in [-0.2, 0) is 13.0 Å². The highest BCUT2D eigenvalue weighted by Gasteiger charge is 2.04. The van der Waals surface area contributed by atoms with Crippen LogP contribution in [0.5, 0.6) is 11.6 Å². The second-order valence-corrected chi connectivity index (χ2v) is 5.86. The zero-order chi connectivity index (χ0) is 18.8. The van der Waals surface area contributed by atoms with Gasteiger partial charge in [-0.1, -0.05) is 23.8 Å². The van der Waals surface area contributed by atoms with E-state index in [-0.39, 0.29) is 0 Å². The molecule has 0 bridgehead atoms. The van der Waals surface area contributed by atoms with E-state index in [4.69, 9.17) is 9.47 Å². The van der Waals surface area contributed by atoms with Crippen molar-refractivity contribution in [2.45, 2.75) is 26.8 Å². The van der Waals surface area contributed by atoms with Gasteiger partial charge >= 0.3 is 0 Å². The SMILES string of the molecule is CCNC(=NCc1cccc(OC)n1)NCCc1cc(C)ccc1OC. The molecule has 0 aliphatic carbocycles. The lowest BCUT2D eigenvalue weighted by molar-refractivity contribution is 0.396. The molecule has 0 radical (unpaired) electrons. The van der Waals surface area contributed by atoms with Crippen LogP contribution >= 0.6 is 0 Å². The topological polar surface area (TPSA) is 67.8 Å². The van der Waals surface area contributed by atoms with Crippen LogP contribution < -0.4 is 20.1 Å². The van der Waals surface area contributed by atoms with Gasteiger partial charge in [0.1, 0.15) is 5.75 Å². The fraction of sp³-hybridized carbons (Fsp3) is 0.400. The number of rotatable bonds is 8. The van der Waals surface area contributed by atoms with Crippen LogP contribution in [0, 0.1) is 6.92 Å². The van der Waals surface area contributed by atoms with Gasteiger partial charge < -0.3 is 20.1 Å². The summed E-state index contributed by atoms with van der Waals surface area (Å²) in [6, 6.07) is 11.9. The number of methoxy groups -OCH3 is 2. The third-order valence-corrected chi connectivity index (χ3v) is 3.86. The van der Waals surface area contributed by atoms with Crippen molar-refractivity contribution in [2.75, 3.05) is 27.3 Å². The predicted molar refractivity (Wildman–Crippen MR) is 105 cm³/mol. The summed E-state index contributed by atoms with van der Waals surface area (Å²) in [5, 5.41) is 6.62. The largest absolute Gasteiger partial charge is 0.496 e. The van der Waals surface area contributed by atoms with Gasteiger partial charge in [-0.3, -0.25) is 0 Å². The molecule has 2 N–H and O–H groups in total. The van der Waals surface area contributed by atoms with Gasteiger partial charge in [-0.25, -0.2) is 9.98 Å². The van der Waals surface area contributed by atoms with Gasteiger partial charge in [0.2, 0.25) is 5.88 Å². The van der Waals surface area contributed by atoms with Crippen molar-refractivity contribution in [1.29, 1.82) is 0 Å². The molecule has 0 fully saturated rings. The number of nitrogens with one attached hydrogen (secondary N) is 2. The molecule has 0 saturated carbocycles. The summed E-state index contributed by atoms with van der Waals surface area (Å²) >= 11 is 0. The summed E-state index contributed by atoms with van der Waals surface area (Å²) in [4.78, 5) is 8.98. The number of aryl methyl sites for hydroxylation is 1. The number of hydrogen-bond donors (Lipinski definition) is 2. The van der Waals surface area contributed by atoms with Crippen LogP contribution in [0.4, 0.5) is 0 Å². The first-order valence-corrected chi connectivity index (χ1v) is 8.82. The van der Waals surface area contributed by atoms with E-state index < -0.39 is 0 Å². The van der Waals surface area contributed by atoms with Crippen molar-refractivity contribution in [3.63, 3.8) is 0 Å². The van der Waals surface area contributed by atoms with E-state index in [1.807, 2.05) is 31.2 Å². The zero-order valence-corrected chi connectivity index (χ0v) is 16.0. The van der Waals surface area contributed by atoms with Crippen LogP contribution in [0.2, 0.25) is 0 Å². The molecular weight excluding hydrogens is 328 g/mol. The monoisotopic (exact) mass is 356 g/mol. The van der Waals surface area contributed by atoms with Gasteiger partial charge in [0, 0.05) is 19.2 Å². The van der Waals surface area contributed by atoms with Crippen molar-refractivity contribution in [3.05, 3.63) is 53.2 Å². The highest BCUT2D eigenvalue weighted by Crippen LogP contribution is 2.19. The lowest BCUT2D eigenvalue weighted by Gasteiger charge is -2.13. The normalized spacial score (nSPS) is 11.2. The van der Waals surface area contributed by atoms with Crippen molar-refractivity contribution in [1.82, 2.24) is 15.6 Å². The lowest BCUT2D eigenvalue weighted by atomic mass is 10.1. The highest BCUT2D eigenvalue weighted by atomic mass is 16.5. The number of ether oxygens (including phenoxy) is 2. The van der Waals surface area contributed by atoms with E-state index in [1.54, 1.807) is 14.2 Å². The predicted octanol–water partition coefficient (Wildman–Crippen LogP) is 2.71. The molecule has 0 aliphatic rings. The maximum absolute atomic E-state index is 5.44. The maximum atomic E-state index is 5.44. The Balaban J connectivity index is 1.96. The molecule has 2 aromatic rings. The van der Waals surface area contributed by atoms with Gasteiger partial charge in [-0.2, -0.15) is 0 Å². The van der Waals surface area contributed by atoms with Crippen LogP contribution in [-0.4, -0.2) is 38.3 Å². The number of aromatic nitrogens is 1. The Kier molecular flexibility index (Phi) is 7.74. The minimum Gasteiger partial charge on any atom is -0.496 e. The second-order valence-electron chi connectivity index (χ2n) is 5.86.